The van der Waals surface area contributed by atoms with Crippen molar-refractivity contribution in [3.05, 3.63) is 66.2 Å². The number of piperidine rings is 1. The van der Waals surface area contributed by atoms with Gasteiger partial charge in [-0.3, -0.25) is 14.6 Å². The van der Waals surface area contributed by atoms with E-state index in [1.807, 2.05) is 48.5 Å². The zero-order chi connectivity index (χ0) is 20.0. The van der Waals surface area contributed by atoms with E-state index in [2.05, 4.69) is 17.0 Å². The molecular formula is C23H28N2O3. The van der Waals surface area contributed by atoms with Gasteiger partial charge in [0.05, 0.1) is 6.61 Å². The number of amides is 1. The Hall–Kier alpha value is -2.66. The fourth-order valence-corrected chi connectivity index (χ4v) is 4.01. The van der Waals surface area contributed by atoms with E-state index < -0.39 is 5.54 Å². The van der Waals surface area contributed by atoms with E-state index in [0.717, 1.165) is 25.3 Å². The second-order valence-electron chi connectivity index (χ2n) is 7.20. The number of likely N-dealkylation sites (tertiary alicyclic amines) is 1. The van der Waals surface area contributed by atoms with E-state index in [9.17, 15) is 9.59 Å². The summed E-state index contributed by atoms with van der Waals surface area (Å²) in [6.07, 6.45) is 1.10. The molecule has 0 atom stereocenters. The highest BCUT2D eigenvalue weighted by Crippen LogP contribution is 2.35. The molecular weight excluding hydrogens is 352 g/mol. The molecule has 1 heterocycles. The summed E-state index contributed by atoms with van der Waals surface area (Å²) >= 11 is 0. The molecule has 0 aromatic heterocycles. The van der Waals surface area contributed by atoms with Crippen LogP contribution in [-0.4, -0.2) is 42.0 Å². The second-order valence-corrected chi connectivity index (χ2v) is 7.20. The quantitative estimate of drug-likeness (QED) is 0.718. The van der Waals surface area contributed by atoms with Gasteiger partial charge in [-0.05, 0) is 37.5 Å². The Labute approximate surface area is 166 Å². The summed E-state index contributed by atoms with van der Waals surface area (Å²) in [5.41, 5.74) is 1.02. The highest BCUT2D eigenvalue weighted by atomic mass is 16.5. The first kappa shape index (κ1) is 20.1. The fraction of sp³-hybridized carbons (Fsp3) is 0.391. The Bertz CT molecular complexity index is 784. The molecule has 0 radical (unpaired) electrons. The average molecular weight is 380 g/mol. The predicted octanol–water partition coefficient (Wildman–Crippen LogP) is 3.64. The van der Waals surface area contributed by atoms with Crippen molar-refractivity contribution in [3.63, 3.8) is 0 Å². The predicted molar refractivity (Wildman–Crippen MR) is 110 cm³/mol. The van der Waals surface area contributed by atoms with Crippen molar-refractivity contribution in [1.29, 1.82) is 0 Å². The van der Waals surface area contributed by atoms with Crippen LogP contribution in [0.25, 0.3) is 0 Å². The molecule has 1 fully saturated rings. The summed E-state index contributed by atoms with van der Waals surface area (Å²) in [5.74, 6) is -0.454. The van der Waals surface area contributed by atoms with E-state index in [-0.39, 0.29) is 11.9 Å². The number of anilines is 1. The van der Waals surface area contributed by atoms with E-state index in [1.54, 1.807) is 11.8 Å². The number of hydrogen-bond acceptors (Lipinski definition) is 4. The number of ether oxygens (including phenoxy) is 1. The Morgan fingerprint density at radius 3 is 2.11 bits per heavy atom. The largest absolute Gasteiger partial charge is 0.464 e. The Morgan fingerprint density at radius 2 is 1.57 bits per heavy atom. The van der Waals surface area contributed by atoms with E-state index >= 15 is 0 Å². The number of nitrogens with zero attached hydrogens (tertiary/aromatic N) is 2. The molecule has 0 unspecified atom stereocenters. The number of rotatable bonds is 6. The van der Waals surface area contributed by atoms with Gasteiger partial charge in [0.25, 0.3) is 0 Å². The van der Waals surface area contributed by atoms with Gasteiger partial charge in [0, 0.05) is 32.2 Å². The molecule has 0 spiro atoms. The summed E-state index contributed by atoms with van der Waals surface area (Å²) in [6.45, 7) is 5.91. The minimum atomic E-state index is -0.962. The lowest BCUT2D eigenvalue weighted by Crippen LogP contribution is -2.62. The average Bonchev–Trinajstić information content (AvgIpc) is 2.71. The van der Waals surface area contributed by atoms with Gasteiger partial charge in [0.15, 0.2) is 0 Å². The van der Waals surface area contributed by atoms with Crippen molar-refractivity contribution in [2.75, 3.05) is 24.6 Å². The zero-order valence-electron chi connectivity index (χ0n) is 16.6. The Kier molecular flexibility index (Phi) is 6.47. The van der Waals surface area contributed by atoms with E-state index in [1.165, 1.54) is 12.5 Å². The van der Waals surface area contributed by atoms with Crippen molar-refractivity contribution in [3.8, 4) is 0 Å². The third-order valence-electron chi connectivity index (χ3n) is 5.34. The maximum atomic E-state index is 13.1. The zero-order valence-corrected chi connectivity index (χ0v) is 16.6. The molecule has 1 amide bonds. The molecule has 148 valence electrons. The summed E-state index contributed by atoms with van der Waals surface area (Å²) < 4.78 is 5.44. The number of carbonyl (C=O) groups excluding carboxylic acids is 2. The Morgan fingerprint density at radius 1 is 1.00 bits per heavy atom. The molecule has 28 heavy (non-hydrogen) atoms. The summed E-state index contributed by atoms with van der Waals surface area (Å²) in [6, 6.07) is 19.7. The van der Waals surface area contributed by atoms with Crippen LogP contribution in [0.3, 0.4) is 0 Å². The third-order valence-corrected chi connectivity index (χ3v) is 5.34. The van der Waals surface area contributed by atoms with Crippen molar-refractivity contribution >= 4 is 17.6 Å². The molecule has 1 aliphatic heterocycles. The van der Waals surface area contributed by atoms with Crippen molar-refractivity contribution in [1.82, 2.24) is 4.90 Å². The lowest BCUT2D eigenvalue weighted by molar-refractivity contribution is -0.153. The lowest BCUT2D eigenvalue weighted by atomic mass is 9.84. The van der Waals surface area contributed by atoms with Crippen LogP contribution in [0.5, 0.6) is 0 Å². The van der Waals surface area contributed by atoms with Crippen LogP contribution in [0.1, 0.15) is 32.3 Å². The molecule has 0 bridgehead atoms. The monoisotopic (exact) mass is 380 g/mol. The van der Waals surface area contributed by atoms with Crippen LogP contribution in [0.2, 0.25) is 0 Å². The van der Waals surface area contributed by atoms with Gasteiger partial charge in [-0.2, -0.15) is 0 Å². The van der Waals surface area contributed by atoms with Crippen LogP contribution < -0.4 is 4.90 Å². The van der Waals surface area contributed by atoms with Crippen molar-refractivity contribution in [2.45, 2.75) is 38.8 Å². The highest BCUT2D eigenvalue weighted by Gasteiger charge is 2.49. The third kappa shape index (κ3) is 4.25. The van der Waals surface area contributed by atoms with Gasteiger partial charge in [-0.1, -0.05) is 48.5 Å². The van der Waals surface area contributed by atoms with Crippen LogP contribution >= 0.6 is 0 Å². The summed E-state index contributed by atoms with van der Waals surface area (Å²) in [7, 11) is 0. The summed E-state index contributed by atoms with van der Waals surface area (Å²) in [4.78, 5) is 29.7. The second kappa shape index (κ2) is 9.02. The van der Waals surface area contributed by atoms with Gasteiger partial charge >= 0.3 is 5.97 Å². The molecule has 0 saturated carbocycles. The first-order valence-electron chi connectivity index (χ1n) is 9.86. The van der Waals surface area contributed by atoms with E-state index in [4.69, 9.17) is 4.74 Å². The van der Waals surface area contributed by atoms with Gasteiger partial charge in [-0.25, -0.2) is 4.79 Å². The molecule has 3 rings (SSSR count). The Balaban J connectivity index is 1.85. The highest BCUT2D eigenvalue weighted by molar-refractivity contribution is 6.01. The molecule has 5 heteroatoms. The standard InChI is InChI=1S/C23H28N2O3/c1-3-28-22(27)23(25(19(2)26)21-12-8-5-9-13-21)14-16-24(17-15-23)18-20-10-6-4-7-11-20/h4-13H,3,14-18H2,1-2H3. The minimum Gasteiger partial charge on any atom is -0.464 e. The van der Waals surface area contributed by atoms with Gasteiger partial charge in [-0.15, -0.1) is 0 Å². The topological polar surface area (TPSA) is 49.9 Å². The normalized spacial score (nSPS) is 16.4. The molecule has 1 saturated heterocycles. The van der Waals surface area contributed by atoms with Gasteiger partial charge in [0.1, 0.15) is 5.54 Å². The van der Waals surface area contributed by atoms with E-state index in [0.29, 0.717) is 19.4 Å². The molecule has 5 nitrogen and oxygen atoms in total. The minimum absolute atomic E-state index is 0.143. The van der Waals surface area contributed by atoms with Crippen LogP contribution in [0, 0.1) is 0 Å². The molecule has 0 N–H and O–H groups in total. The van der Waals surface area contributed by atoms with Crippen LogP contribution in [0.15, 0.2) is 60.7 Å². The number of hydrogen-bond donors (Lipinski definition) is 0. The number of benzene rings is 2. The van der Waals surface area contributed by atoms with Crippen LogP contribution in [0.4, 0.5) is 5.69 Å². The smallest absolute Gasteiger partial charge is 0.332 e. The number of carbonyl (C=O) groups is 2. The number of esters is 1. The van der Waals surface area contributed by atoms with Crippen molar-refractivity contribution < 1.29 is 14.3 Å². The molecule has 2 aromatic rings. The molecule has 2 aromatic carbocycles. The molecule has 0 aliphatic carbocycles. The van der Waals surface area contributed by atoms with Gasteiger partial charge < -0.3 is 4.74 Å². The van der Waals surface area contributed by atoms with Gasteiger partial charge in [0.2, 0.25) is 5.91 Å². The SMILES string of the molecule is CCOC(=O)C1(N(C(C)=O)c2ccccc2)CCN(Cc2ccccc2)CC1. The fourth-order valence-electron chi connectivity index (χ4n) is 4.01. The summed E-state index contributed by atoms with van der Waals surface area (Å²) in [5, 5.41) is 0. The van der Waals surface area contributed by atoms with Crippen molar-refractivity contribution in [2.24, 2.45) is 0 Å². The maximum Gasteiger partial charge on any atom is 0.332 e. The molecule has 1 aliphatic rings. The first-order chi connectivity index (χ1) is 13.6. The van der Waals surface area contributed by atoms with Crippen LogP contribution in [-0.2, 0) is 20.9 Å². The number of para-hydroxylation sites is 1. The maximum absolute atomic E-state index is 13.1. The first-order valence-corrected chi connectivity index (χ1v) is 9.86. The lowest BCUT2D eigenvalue weighted by Gasteiger charge is -2.46.